The van der Waals surface area contributed by atoms with Gasteiger partial charge in [0.1, 0.15) is 0 Å². The van der Waals surface area contributed by atoms with Crippen LogP contribution in [0.3, 0.4) is 0 Å². The maximum Gasteiger partial charge on any atom is 0.239 e. The van der Waals surface area contributed by atoms with Crippen molar-refractivity contribution in [2.24, 2.45) is 0 Å². The van der Waals surface area contributed by atoms with E-state index in [1.165, 1.54) is 32.1 Å². The molecule has 0 aromatic carbocycles. The number of carbonyl (C=O) groups excluding carboxylic acids is 1. The number of ether oxygens (including phenoxy) is 1. The lowest BCUT2D eigenvalue weighted by atomic mass is 9.99. The lowest BCUT2D eigenvalue weighted by molar-refractivity contribution is -0.139. The predicted octanol–water partition coefficient (Wildman–Crippen LogP) is 1.25. The summed E-state index contributed by atoms with van der Waals surface area (Å²) in [5, 5.41) is 0. The highest BCUT2D eigenvalue weighted by Crippen LogP contribution is 2.23. The van der Waals surface area contributed by atoms with Gasteiger partial charge in [0.2, 0.25) is 5.91 Å². The second kappa shape index (κ2) is 5.57. The molecule has 3 fully saturated rings. The van der Waals surface area contributed by atoms with Crippen molar-refractivity contribution in [1.29, 1.82) is 0 Å². The normalized spacial score (nSPS) is 33.4. The molecule has 0 radical (unpaired) electrons. The molecule has 0 N–H and O–H groups in total. The van der Waals surface area contributed by atoms with Crippen LogP contribution in [0, 0.1) is 0 Å². The van der Waals surface area contributed by atoms with Crippen LogP contribution < -0.4 is 0 Å². The molecule has 4 nitrogen and oxygen atoms in total. The van der Waals surface area contributed by atoms with Crippen LogP contribution in [0.5, 0.6) is 0 Å². The number of epoxide rings is 1. The summed E-state index contributed by atoms with van der Waals surface area (Å²) in [6.45, 7) is 4.88. The average Bonchev–Trinajstić information content (AvgIpc) is 3.24. The van der Waals surface area contributed by atoms with Crippen LogP contribution in [0.4, 0.5) is 0 Å². The average molecular weight is 252 g/mol. The number of likely N-dealkylation sites (tertiary alicyclic amines) is 2. The SMILES string of the molecule is O=C([C@H]1CCCCN1C[C@H]1CO1)N1CCCCC1. The first-order valence-corrected chi connectivity index (χ1v) is 7.49. The first-order chi connectivity index (χ1) is 8.84. The fourth-order valence-corrected chi connectivity index (χ4v) is 3.25. The number of hydrogen-bond donors (Lipinski definition) is 0. The Morgan fingerprint density at radius 1 is 1.06 bits per heavy atom. The van der Waals surface area contributed by atoms with Crippen LogP contribution in [-0.4, -0.2) is 60.6 Å². The Morgan fingerprint density at radius 2 is 1.78 bits per heavy atom. The molecule has 2 atom stereocenters. The second-order valence-electron chi connectivity index (χ2n) is 5.85. The zero-order valence-electron chi connectivity index (χ0n) is 11.1. The Hall–Kier alpha value is -0.610. The number of rotatable bonds is 3. The van der Waals surface area contributed by atoms with Gasteiger partial charge in [-0.3, -0.25) is 9.69 Å². The molecule has 18 heavy (non-hydrogen) atoms. The van der Waals surface area contributed by atoms with Gasteiger partial charge in [-0.25, -0.2) is 0 Å². The summed E-state index contributed by atoms with van der Waals surface area (Å²) in [5.41, 5.74) is 0. The minimum Gasteiger partial charge on any atom is -0.372 e. The fraction of sp³-hybridized carbons (Fsp3) is 0.929. The van der Waals surface area contributed by atoms with Crippen molar-refractivity contribution in [1.82, 2.24) is 9.80 Å². The Kier molecular flexibility index (Phi) is 3.85. The van der Waals surface area contributed by atoms with E-state index in [1.54, 1.807) is 0 Å². The van der Waals surface area contributed by atoms with Crippen LogP contribution >= 0.6 is 0 Å². The van der Waals surface area contributed by atoms with Gasteiger partial charge in [-0.1, -0.05) is 6.42 Å². The van der Waals surface area contributed by atoms with Crippen molar-refractivity contribution < 1.29 is 9.53 Å². The molecule has 3 aliphatic rings. The fourth-order valence-electron chi connectivity index (χ4n) is 3.25. The molecule has 0 aromatic rings. The highest BCUT2D eigenvalue weighted by atomic mass is 16.6. The minimum absolute atomic E-state index is 0.140. The monoisotopic (exact) mass is 252 g/mol. The van der Waals surface area contributed by atoms with E-state index >= 15 is 0 Å². The van der Waals surface area contributed by atoms with Crippen LogP contribution in [0.1, 0.15) is 38.5 Å². The van der Waals surface area contributed by atoms with E-state index in [9.17, 15) is 4.79 Å². The summed E-state index contributed by atoms with van der Waals surface area (Å²) in [4.78, 5) is 17.1. The van der Waals surface area contributed by atoms with Gasteiger partial charge in [-0.05, 0) is 38.6 Å². The van der Waals surface area contributed by atoms with Crippen LogP contribution in [0.25, 0.3) is 0 Å². The largest absolute Gasteiger partial charge is 0.372 e. The number of hydrogen-bond acceptors (Lipinski definition) is 3. The van der Waals surface area contributed by atoms with Crippen molar-refractivity contribution in [2.75, 3.05) is 32.8 Å². The minimum atomic E-state index is 0.140. The molecule has 0 unspecified atom stereocenters. The van der Waals surface area contributed by atoms with E-state index in [0.29, 0.717) is 12.0 Å². The quantitative estimate of drug-likeness (QED) is 0.709. The second-order valence-corrected chi connectivity index (χ2v) is 5.85. The summed E-state index contributed by atoms with van der Waals surface area (Å²) < 4.78 is 5.32. The lowest BCUT2D eigenvalue weighted by Gasteiger charge is -2.38. The van der Waals surface area contributed by atoms with E-state index in [2.05, 4.69) is 9.80 Å². The van der Waals surface area contributed by atoms with Crippen LogP contribution in [0.2, 0.25) is 0 Å². The third-order valence-corrected chi connectivity index (χ3v) is 4.41. The zero-order chi connectivity index (χ0) is 12.4. The molecule has 102 valence electrons. The Bertz CT molecular complexity index is 298. The number of amides is 1. The third kappa shape index (κ3) is 2.86. The molecule has 0 saturated carbocycles. The van der Waals surface area contributed by atoms with Crippen molar-refractivity contribution >= 4 is 5.91 Å². The number of nitrogens with zero attached hydrogens (tertiary/aromatic N) is 2. The smallest absolute Gasteiger partial charge is 0.239 e. The molecule has 0 aliphatic carbocycles. The topological polar surface area (TPSA) is 36.1 Å². The van der Waals surface area contributed by atoms with Crippen molar-refractivity contribution in [3.63, 3.8) is 0 Å². The Labute approximate surface area is 109 Å². The van der Waals surface area contributed by atoms with Gasteiger partial charge in [0.25, 0.3) is 0 Å². The van der Waals surface area contributed by atoms with Gasteiger partial charge in [-0.15, -0.1) is 0 Å². The van der Waals surface area contributed by atoms with Gasteiger partial charge < -0.3 is 9.64 Å². The van der Waals surface area contributed by atoms with Crippen molar-refractivity contribution in [3.05, 3.63) is 0 Å². The van der Waals surface area contributed by atoms with Crippen LogP contribution in [0.15, 0.2) is 0 Å². The first kappa shape index (κ1) is 12.4. The summed E-state index contributed by atoms with van der Waals surface area (Å²) in [6, 6.07) is 0.140. The molecule has 0 bridgehead atoms. The van der Waals surface area contributed by atoms with Crippen LogP contribution in [-0.2, 0) is 9.53 Å². The van der Waals surface area contributed by atoms with Gasteiger partial charge in [0, 0.05) is 19.6 Å². The summed E-state index contributed by atoms with van der Waals surface area (Å²) in [5.74, 6) is 0.384. The Balaban J connectivity index is 1.60. The standard InChI is InChI=1S/C14H24N2O2/c17-14(15-7-3-1-4-8-15)13-6-2-5-9-16(13)10-12-11-18-12/h12-13H,1-11H2/t12-,13+/m0/s1. The highest BCUT2D eigenvalue weighted by Gasteiger charge is 2.35. The van der Waals surface area contributed by atoms with Crippen molar-refractivity contribution in [2.45, 2.75) is 50.7 Å². The van der Waals surface area contributed by atoms with E-state index in [0.717, 1.165) is 39.2 Å². The molecule has 3 rings (SSSR count). The van der Waals surface area contributed by atoms with E-state index in [-0.39, 0.29) is 6.04 Å². The molecule has 0 spiro atoms. The van der Waals surface area contributed by atoms with E-state index < -0.39 is 0 Å². The number of carbonyl (C=O) groups is 1. The van der Waals surface area contributed by atoms with Crippen molar-refractivity contribution in [3.8, 4) is 0 Å². The molecule has 4 heteroatoms. The lowest BCUT2D eigenvalue weighted by Crippen LogP contribution is -2.52. The molecule has 3 heterocycles. The molecular weight excluding hydrogens is 228 g/mol. The third-order valence-electron chi connectivity index (χ3n) is 4.41. The zero-order valence-corrected chi connectivity index (χ0v) is 11.1. The molecule has 3 saturated heterocycles. The molecular formula is C14H24N2O2. The molecule has 0 aromatic heterocycles. The van der Waals surface area contributed by atoms with Gasteiger partial charge in [0.05, 0.1) is 18.8 Å². The highest BCUT2D eigenvalue weighted by molar-refractivity contribution is 5.82. The maximum atomic E-state index is 12.6. The summed E-state index contributed by atoms with van der Waals surface area (Å²) >= 11 is 0. The molecule has 3 aliphatic heterocycles. The summed E-state index contributed by atoms with van der Waals surface area (Å²) in [7, 11) is 0. The summed E-state index contributed by atoms with van der Waals surface area (Å²) in [6.07, 6.45) is 7.53. The predicted molar refractivity (Wildman–Crippen MR) is 69.4 cm³/mol. The first-order valence-electron chi connectivity index (χ1n) is 7.49. The van der Waals surface area contributed by atoms with E-state index in [4.69, 9.17) is 4.74 Å². The maximum absolute atomic E-state index is 12.6. The van der Waals surface area contributed by atoms with Gasteiger partial charge >= 0.3 is 0 Å². The number of piperidine rings is 2. The van der Waals surface area contributed by atoms with Gasteiger partial charge in [-0.2, -0.15) is 0 Å². The van der Waals surface area contributed by atoms with Gasteiger partial charge in [0.15, 0.2) is 0 Å². The Morgan fingerprint density at radius 3 is 2.50 bits per heavy atom. The molecule has 1 amide bonds. The van der Waals surface area contributed by atoms with E-state index in [1.807, 2.05) is 0 Å².